The Kier molecular flexibility index (Phi) is 7.62. The van der Waals surface area contributed by atoms with Gasteiger partial charge in [-0.05, 0) is 58.1 Å². The van der Waals surface area contributed by atoms with Crippen molar-refractivity contribution in [2.45, 2.75) is 65.1 Å². The van der Waals surface area contributed by atoms with Gasteiger partial charge in [-0.25, -0.2) is 9.37 Å². The molecule has 0 fully saturated rings. The molecule has 2 aliphatic heterocycles. The lowest BCUT2D eigenvalue weighted by Gasteiger charge is -2.35. The smallest absolute Gasteiger partial charge is 0.258 e. The van der Waals surface area contributed by atoms with Crippen LogP contribution in [-0.2, 0) is 36.6 Å². The number of halogens is 1. The summed E-state index contributed by atoms with van der Waals surface area (Å²) in [7, 11) is 8.03. The molecule has 4 aromatic rings. The second-order valence-corrected chi connectivity index (χ2v) is 13.6. The van der Waals surface area contributed by atoms with Gasteiger partial charge in [-0.3, -0.25) is 9.28 Å². The molecule has 0 amide bonds. The largest absolute Gasteiger partial charge is 0.490 e. The number of nitrogens with zero attached hydrogens (tertiary/aromatic N) is 4. The van der Waals surface area contributed by atoms with E-state index in [0.29, 0.717) is 70.3 Å². The average Bonchev–Trinajstić information content (AvgIpc) is 3.34. The predicted octanol–water partition coefficient (Wildman–Crippen LogP) is 5.85. The van der Waals surface area contributed by atoms with E-state index in [1.165, 1.54) is 6.07 Å². The maximum Gasteiger partial charge on any atom is 0.258 e. The molecule has 0 radical (unpaired) electrons. The van der Waals surface area contributed by atoms with Crippen LogP contribution in [0.25, 0.3) is 22.3 Å². The van der Waals surface area contributed by atoms with Gasteiger partial charge in [0.05, 0.1) is 43.1 Å². The molecule has 1 atom stereocenters. The summed E-state index contributed by atoms with van der Waals surface area (Å²) in [4.78, 5) is 20.9. The quantitative estimate of drug-likeness (QED) is 0.214. The molecule has 2 aromatic heterocycles. The highest BCUT2D eigenvalue weighted by Gasteiger charge is 2.41. The summed E-state index contributed by atoms with van der Waals surface area (Å²) in [6.07, 6.45) is 0.312. The van der Waals surface area contributed by atoms with Gasteiger partial charge < -0.3 is 24.6 Å². The van der Waals surface area contributed by atoms with Crippen molar-refractivity contribution in [3.63, 3.8) is 0 Å². The Morgan fingerprint density at radius 3 is 2.53 bits per heavy atom. The second-order valence-electron chi connectivity index (χ2n) is 13.6. The number of hydrogen-bond acceptors (Lipinski definition) is 6. The van der Waals surface area contributed by atoms with Crippen LogP contribution >= 0.6 is 0 Å². The van der Waals surface area contributed by atoms with Crippen LogP contribution in [0.5, 0.6) is 0 Å². The molecule has 2 N–H and O–H groups in total. The van der Waals surface area contributed by atoms with Gasteiger partial charge in [0, 0.05) is 52.5 Å². The van der Waals surface area contributed by atoms with Gasteiger partial charge >= 0.3 is 0 Å². The van der Waals surface area contributed by atoms with Gasteiger partial charge in [-0.2, -0.15) is 0 Å². The number of aromatic nitrogens is 2. The van der Waals surface area contributed by atoms with E-state index < -0.39 is 5.60 Å². The van der Waals surface area contributed by atoms with Crippen LogP contribution in [0, 0.1) is 5.82 Å². The zero-order chi connectivity index (χ0) is 32.4. The third-order valence-electron chi connectivity index (χ3n) is 9.15. The van der Waals surface area contributed by atoms with E-state index in [1.54, 1.807) is 4.57 Å². The number of hydrogen-bond donors (Lipinski definition) is 2. The van der Waals surface area contributed by atoms with E-state index in [2.05, 4.69) is 54.9 Å². The number of nitrogens with one attached hydrogen (secondary N) is 1. The maximum absolute atomic E-state index is 16.1. The SMILES string of the molecule is C=C1OCc2c(cc3n(c2=O)Cc2c-3nc3cc(F)c([N+](C)(C)Cc4ccc(NC(C)C)cc4)cc3c2CN(C)C)[C@@]1(O)CC. The Hall–Kier alpha value is -4.05. The zero-order valence-corrected chi connectivity index (χ0v) is 27.3. The molecule has 4 heterocycles. The zero-order valence-electron chi connectivity index (χ0n) is 27.3. The third-order valence-corrected chi connectivity index (χ3v) is 9.15. The summed E-state index contributed by atoms with van der Waals surface area (Å²) >= 11 is 0. The fourth-order valence-electron chi connectivity index (χ4n) is 6.83. The van der Waals surface area contributed by atoms with Gasteiger partial charge in [-0.15, -0.1) is 0 Å². The third kappa shape index (κ3) is 5.22. The van der Waals surface area contributed by atoms with Crippen LogP contribution in [0.4, 0.5) is 15.8 Å². The van der Waals surface area contributed by atoms with E-state index >= 15 is 4.39 Å². The van der Waals surface area contributed by atoms with Crippen molar-refractivity contribution in [2.24, 2.45) is 0 Å². The Labute approximate surface area is 264 Å². The summed E-state index contributed by atoms with van der Waals surface area (Å²) < 4.78 is 23.7. The molecule has 9 heteroatoms. The first kappa shape index (κ1) is 31.0. The number of pyridine rings is 2. The molecule has 0 spiro atoms. The molecule has 0 saturated heterocycles. The Morgan fingerprint density at radius 1 is 1.18 bits per heavy atom. The minimum absolute atomic E-state index is 0.0600. The van der Waals surface area contributed by atoms with Crippen molar-refractivity contribution < 1.29 is 14.2 Å². The first-order valence-corrected chi connectivity index (χ1v) is 15.5. The molecular formula is C36H43FN5O3+. The van der Waals surface area contributed by atoms with E-state index in [9.17, 15) is 9.90 Å². The lowest BCUT2D eigenvalue weighted by atomic mass is 9.84. The van der Waals surface area contributed by atoms with Crippen molar-refractivity contribution >= 4 is 22.3 Å². The van der Waals surface area contributed by atoms with Gasteiger partial charge in [0.15, 0.2) is 11.5 Å². The van der Waals surface area contributed by atoms with Gasteiger partial charge in [0.2, 0.25) is 0 Å². The number of aliphatic hydroxyl groups is 1. The lowest BCUT2D eigenvalue weighted by molar-refractivity contribution is -0.0172. The van der Waals surface area contributed by atoms with Crippen LogP contribution < -0.4 is 15.4 Å². The van der Waals surface area contributed by atoms with Crippen molar-refractivity contribution in [1.82, 2.24) is 18.9 Å². The number of rotatable bonds is 8. The highest BCUT2D eigenvalue weighted by molar-refractivity contribution is 5.90. The monoisotopic (exact) mass is 612 g/mol. The normalized spacial score (nSPS) is 17.4. The van der Waals surface area contributed by atoms with Gasteiger partial charge in [-0.1, -0.05) is 25.6 Å². The molecule has 0 aliphatic carbocycles. The maximum atomic E-state index is 16.1. The highest BCUT2D eigenvalue weighted by atomic mass is 19.1. The van der Waals surface area contributed by atoms with Crippen LogP contribution in [-0.4, -0.2) is 53.8 Å². The topological polar surface area (TPSA) is 79.6 Å². The fraction of sp³-hybridized carbons (Fsp3) is 0.389. The van der Waals surface area contributed by atoms with Crippen LogP contribution in [0.1, 0.15) is 55.0 Å². The Balaban J connectivity index is 1.48. The van der Waals surface area contributed by atoms with E-state index in [-0.39, 0.29) is 23.7 Å². The highest BCUT2D eigenvalue weighted by Crippen LogP contribution is 2.43. The van der Waals surface area contributed by atoms with Crippen molar-refractivity contribution in [3.05, 3.63) is 98.8 Å². The molecule has 6 rings (SSSR count). The summed E-state index contributed by atoms with van der Waals surface area (Å²) in [6, 6.07) is 14.0. The number of ether oxygens (including phenoxy) is 1. The minimum atomic E-state index is -1.47. The molecule has 8 nitrogen and oxygen atoms in total. The van der Waals surface area contributed by atoms with E-state index in [0.717, 1.165) is 27.8 Å². The summed E-state index contributed by atoms with van der Waals surface area (Å²) in [6.45, 7) is 11.6. The molecule has 2 aromatic carbocycles. The molecule has 45 heavy (non-hydrogen) atoms. The number of fused-ring (bicyclic) bond motifs is 5. The minimum Gasteiger partial charge on any atom is -0.490 e. The first-order valence-electron chi connectivity index (χ1n) is 15.5. The molecule has 0 bridgehead atoms. The van der Waals surface area contributed by atoms with Crippen LogP contribution in [0.15, 0.2) is 59.6 Å². The summed E-state index contributed by atoms with van der Waals surface area (Å²) in [5.41, 5.74) is 5.74. The summed E-state index contributed by atoms with van der Waals surface area (Å²) in [5.74, 6) is -0.0955. The van der Waals surface area contributed by atoms with Crippen molar-refractivity contribution in [2.75, 3.05) is 33.5 Å². The molecule has 0 unspecified atom stereocenters. The van der Waals surface area contributed by atoms with Gasteiger partial charge in [0.25, 0.3) is 5.56 Å². The Bertz CT molecular complexity index is 1890. The fourth-order valence-corrected chi connectivity index (χ4v) is 6.83. The summed E-state index contributed by atoms with van der Waals surface area (Å²) in [5, 5.41) is 15.8. The van der Waals surface area contributed by atoms with Crippen molar-refractivity contribution in [1.29, 1.82) is 0 Å². The standard InChI is InChI=1S/C36H43FN5O3/c1-9-36(44)22(4)45-20-28-29(36)15-32-34-27(18-41(32)35(28)43)26(17-40(5)6)25-14-33(30(37)16-31(25)39-34)42(7,8)19-23-10-12-24(13-11-23)38-21(2)3/h10-16,21,38,44H,4,9,17-20H2,1-3,5-8H3/q+1/t36-/m1/s1. The second kappa shape index (κ2) is 11.1. The van der Waals surface area contributed by atoms with Gasteiger partial charge in [0.1, 0.15) is 24.5 Å². The van der Waals surface area contributed by atoms with Crippen molar-refractivity contribution in [3.8, 4) is 11.4 Å². The number of anilines is 1. The Morgan fingerprint density at radius 2 is 1.89 bits per heavy atom. The first-order chi connectivity index (χ1) is 21.2. The van der Waals surface area contributed by atoms with E-state index in [1.807, 2.05) is 47.2 Å². The van der Waals surface area contributed by atoms with Crippen LogP contribution in [0.2, 0.25) is 0 Å². The molecule has 236 valence electrons. The lowest BCUT2D eigenvalue weighted by Crippen LogP contribution is -2.40. The van der Waals surface area contributed by atoms with Crippen LogP contribution in [0.3, 0.4) is 0 Å². The average molecular weight is 613 g/mol. The number of benzene rings is 2. The number of quaternary nitrogens is 1. The molecule has 0 saturated carbocycles. The molecular weight excluding hydrogens is 569 g/mol. The predicted molar refractivity (Wildman–Crippen MR) is 179 cm³/mol. The molecule has 2 aliphatic rings. The van der Waals surface area contributed by atoms with E-state index in [4.69, 9.17) is 9.72 Å².